The van der Waals surface area contributed by atoms with Crippen LogP contribution in [0.3, 0.4) is 0 Å². The molecule has 0 fully saturated rings. The number of hydrogen-bond donors (Lipinski definition) is 0. The van der Waals surface area contributed by atoms with Crippen LogP contribution in [-0.4, -0.2) is 13.0 Å². The largest absolute Gasteiger partial charge is 0.496 e. The summed E-state index contributed by atoms with van der Waals surface area (Å²) in [5.74, 6) is 0.843. The number of benzene rings is 2. The molecule has 3 rings (SSSR count). The fourth-order valence-electron chi connectivity index (χ4n) is 2.54. The van der Waals surface area contributed by atoms with Gasteiger partial charge in [0.15, 0.2) is 0 Å². The Bertz CT molecular complexity index is 717. The first-order chi connectivity index (χ1) is 10.1. The number of carbonyl (C=O) groups excluding carboxylic acids is 1. The van der Waals surface area contributed by atoms with E-state index in [-0.39, 0.29) is 5.91 Å². The highest BCUT2D eigenvalue weighted by atomic mass is 79.9. The van der Waals surface area contributed by atoms with Gasteiger partial charge in [0.2, 0.25) is 5.91 Å². The van der Waals surface area contributed by atoms with Crippen molar-refractivity contribution in [3.05, 3.63) is 57.0 Å². The number of ether oxygens (including phenoxy) is 1. The van der Waals surface area contributed by atoms with E-state index in [9.17, 15) is 4.79 Å². The van der Waals surface area contributed by atoms with Crippen LogP contribution in [0.4, 0.5) is 5.69 Å². The molecule has 0 aromatic heterocycles. The van der Waals surface area contributed by atoms with Crippen LogP contribution in [0.1, 0.15) is 11.1 Å². The van der Waals surface area contributed by atoms with Crippen molar-refractivity contribution in [2.45, 2.75) is 13.0 Å². The lowest BCUT2D eigenvalue weighted by Crippen LogP contribution is -2.26. The van der Waals surface area contributed by atoms with Crippen LogP contribution in [0.2, 0.25) is 5.02 Å². The van der Waals surface area contributed by atoms with Gasteiger partial charge in [-0.15, -0.1) is 0 Å². The van der Waals surface area contributed by atoms with E-state index in [2.05, 4.69) is 15.9 Å². The van der Waals surface area contributed by atoms with Crippen LogP contribution in [0.15, 0.2) is 40.9 Å². The van der Waals surface area contributed by atoms with E-state index in [0.717, 1.165) is 27.0 Å². The molecule has 0 atom stereocenters. The zero-order chi connectivity index (χ0) is 15.0. The average molecular weight is 367 g/mol. The van der Waals surface area contributed by atoms with E-state index in [1.54, 1.807) is 12.0 Å². The second kappa shape index (κ2) is 5.70. The second-order valence-electron chi connectivity index (χ2n) is 4.89. The van der Waals surface area contributed by atoms with Gasteiger partial charge in [0.25, 0.3) is 0 Å². The van der Waals surface area contributed by atoms with Crippen molar-refractivity contribution in [1.29, 1.82) is 0 Å². The molecule has 0 saturated carbocycles. The standard InChI is InChI=1S/C16H13BrClNO2/c1-21-15-5-3-12(17)6-11(15)9-19-14-8-13(18)4-2-10(14)7-16(19)20/h2-6,8H,7,9H2,1H3. The lowest BCUT2D eigenvalue weighted by Gasteiger charge is -2.19. The Balaban J connectivity index is 1.98. The molecule has 1 aliphatic heterocycles. The normalized spacial score (nSPS) is 13.5. The lowest BCUT2D eigenvalue weighted by atomic mass is 10.1. The number of carbonyl (C=O) groups is 1. The van der Waals surface area contributed by atoms with E-state index < -0.39 is 0 Å². The van der Waals surface area contributed by atoms with Gasteiger partial charge >= 0.3 is 0 Å². The van der Waals surface area contributed by atoms with E-state index in [1.807, 2.05) is 36.4 Å². The first-order valence-electron chi connectivity index (χ1n) is 6.49. The van der Waals surface area contributed by atoms with Crippen molar-refractivity contribution in [2.75, 3.05) is 12.0 Å². The van der Waals surface area contributed by atoms with Gasteiger partial charge < -0.3 is 9.64 Å². The average Bonchev–Trinajstić information content (AvgIpc) is 2.75. The monoisotopic (exact) mass is 365 g/mol. The van der Waals surface area contributed by atoms with Crippen LogP contribution < -0.4 is 9.64 Å². The minimum absolute atomic E-state index is 0.0781. The molecule has 2 aromatic carbocycles. The summed E-state index contributed by atoms with van der Waals surface area (Å²) in [6.07, 6.45) is 0.419. The van der Waals surface area contributed by atoms with E-state index in [0.29, 0.717) is 18.0 Å². The fourth-order valence-corrected chi connectivity index (χ4v) is 3.12. The summed E-state index contributed by atoms with van der Waals surface area (Å²) in [6.45, 7) is 0.467. The first kappa shape index (κ1) is 14.4. The van der Waals surface area contributed by atoms with Crippen molar-refractivity contribution in [3.63, 3.8) is 0 Å². The molecule has 5 heteroatoms. The molecule has 0 N–H and O–H groups in total. The molecule has 1 amide bonds. The highest BCUT2D eigenvalue weighted by Gasteiger charge is 2.28. The third-order valence-corrected chi connectivity index (χ3v) is 4.28. The van der Waals surface area contributed by atoms with Crippen LogP contribution in [0.5, 0.6) is 5.75 Å². The van der Waals surface area contributed by atoms with Crippen LogP contribution in [0.25, 0.3) is 0 Å². The van der Waals surface area contributed by atoms with E-state index in [1.165, 1.54) is 0 Å². The molecule has 0 unspecified atom stereocenters. The first-order valence-corrected chi connectivity index (χ1v) is 7.67. The van der Waals surface area contributed by atoms with Crippen LogP contribution in [0, 0.1) is 0 Å². The van der Waals surface area contributed by atoms with Crippen LogP contribution >= 0.6 is 27.5 Å². The predicted octanol–water partition coefficient (Wildman–Crippen LogP) is 4.20. The second-order valence-corrected chi connectivity index (χ2v) is 6.24. The van der Waals surface area contributed by atoms with Gasteiger partial charge in [-0.05, 0) is 35.9 Å². The summed E-state index contributed by atoms with van der Waals surface area (Å²) in [7, 11) is 1.63. The quantitative estimate of drug-likeness (QED) is 0.815. The Morgan fingerprint density at radius 2 is 2.10 bits per heavy atom. The maximum Gasteiger partial charge on any atom is 0.231 e. The summed E-state index contributed by atoms with van der Waals surface area (Å²) in [5.41, 5.74) is 2.85. The van der Waals surface area contributed by atoms with Gasteiger partial charge in [-0.2, -0.15) is 0 Å². The number of hydrogen-bond acceptors (Lipinski definition) is 2. The smallest absolute Gasteiger partial charge is 0.231 e. The Morgan fingerprint density at radius 3 is 2.86 bits per heavy atom. The minimum Gasteiger partial charge on any atom is -0.496 e. The van der Waals surface area contributed by atoms with Crippen molar-refractivity contribution in [1.82, 2.24) is 0 Å². The fraction of sp³-hybridized carbons (Fsp3) is 0.188. The Hall–Kier alpha value is -1.52. The van der Waals surface area contributed by atoms with Crippen molar-refractivity contribution >= 4 is 39.1 Å². The Kier molecular flexibility index (Phi) is 3.91. The Labute approximate surface area is 136 Å². The summed E-state index contributed by atoms with van der Waals surface area (Å²) < 4.78 is 6.33. The third-order valence-electron chi connectivity index (χ3n) is 3.55. The Morgan fingerprint density at radius 1 is 1.29 bits per heavy atom. The number of rotatable bonds is 3. The SMILES string of the molecule is COc1ccc(Br)cc1CN1C(=O)Cc2ccc(Cl)cc21. The van der Waals surface area contributed by atoms with Gasteiger partial charge in [-0.25, -0.2) is 0 Å². The number of nitrogens with zero attached hydrogens (tertiary/aromatic N) is 1. The summed E-state index contributed by atoms with van der Waals surface area (Å²) in [4.78, 5) is 14.0. The molecule has 21 heavy (non-hydrogen) atoms. The molecule has 0 radical (unpaired) electrons. The molecule has 0 spiro atoms. The van der Waals surface area contributed by atoms with E-state index >= 15 is 0 Å². The molecule has 1 heterocycles. The minimum atomic E-state index is 0.0781. The molecular weight excluding hydrogens is 354 g/mol. The number of halogens is 2. The maximum atomic E-state index is 12.3. The zero-order valence-corrected chi connectivity index (χ0v) is 13.7. The van der Waals surface area contributed by atoms with Gasteiger partial charge in [0.1, 0.15) is 5.75 Å². The summed E-state index contributed by atoms with van der Waals surface area (Å²) in [5, 5.41) is 0.634. The molecule has 108 valence electrons. The number of amides is 1. The molecule has 2 aromatic rings. The molecule has 0 saturated heterocycles. The van der Waals surface area contributed by atoms with Crippen molar-refractivity contribution in [2.24, 2.45) is 0 Å². The van der Waals surface area contributed by atoms with Gasteiger partial charge in [0.05, 0.1) is 20.1 Å². The maximum absolute atomic E-state index is 12.3. The van der Waals surface area contributed by atoms with E-state index in [4.69, 9.17) is 16.3 Å². The lowest BCUT2D eigenvalue weighted by molar-refractivity contribution is -0.117. The molecule has 1 aliphatic rings. The summed E-state index contributed by atoms with van der Waals surface area (Å²) >= 11 is 9.51. The number of fused-ring (bicyclic) bond motifs is 1. The van der Waals surface area contributed by atoms with Gasteiger partial charge in [-0.3, -0.25) is 4.79 Å². The predicted molar refractivity (Wildman–Crippen MR) is 87.0 cm³/mol. The van der Waals surface area contributed by atoms with Crippen molar-refractivity contribution < 1.29 is 9.53 Å². The number of anilines is 1. The molecule has 0 bridgehead atoms. The highest BCUT2D eigenvalue weighted by Crippen LogP contribution is 2.34. The van der Waals surface area contributed by atoms with Crippen molar-refractivity contribution in [3.8, 4) is 5.75 Å². The topological polar surface area (TPSA) is 29.5 Å². The molecule has 3 nitrogen and oxygen atoms in total. The molecular formula is C16H13BrClNO2. The number of methoxy groups -OCH3 is 1. The van der Waals surface area contributed by atoms with Crippen LogP contribution in [-0.2, 0) is 17.8 Å². The highest BCUT2D eigenvalue weighted by molar-refractivity contribution is 9.10. The zero-order valence-electron chi connectivity index (χ0n) is 11.4. The third kappa shape index (κ3) is 2.78. The molecule has 0 aliphatic carbocycles. The van der Waals surface area contributed by atoms with Gasteiger partial charge in [0, 0.05) is 20.7 Å². The summed E-state index contributed by atoms with van der Waals surface area (Å²) in [6, 6.07) is 11.3. The van der Waals surface area contributed by atoms with Gasteiger partial charge in [-0.1, -0.05) is 33.6 Å².